The first-order valence-corrected chi connectivity index (χ1v) is 9.16. The van der Waals surface area contributed by atoms with Crippen LogP contribution in [0.15, 0.2) is 41.8 Å². The van der Waals surface area contributed by atoms with E-state index in [9.17, 15) is 9.59 Å². The van der Waals surface area contributed by atoms with Crippen molar-refractivity contribution < 1.29 is 23.8 Å². The van der Waals surface area contributed by atoms with Crippen LogP contribution in [0.3, 0.4) is 0 Å². The summed E-state index contributed by atoms with van der Waals surface area (Å²) in [5.41, 5.74) is 6.21. The van der Waals surface area contributed by atoms with E-state index < -0.39 is 11.9 Å². The van der Waals surface area contributed by atoms with Crippen molar-refractivity contribution in [1.82, 2.24) is 0 Å². The van der Waals surface area contributed by atoms with E-state index in [4.69, 9.17) is 31.5 Å². The summed E-state index contributed by atoms with van der Waals surface area (Å²) in [6.07, 6.45) is 0. The Morgan fingerprint density at radius 1 is 1.22 bits per heavy atom. The van der Waals surface area contributed by atoms with Crippen LogP contribution in [0.4, 0.5) is 0 Å². The van der Waals surface area contributed by atoms with Crippen molar-refractivity contribution in [2.45, 2.75) is 6.61 Å². The average Bonchev–Trinajstić information content (AvgIpc) is 3.07. The van der Waals surface area contributed by atoms with E-state index in [0.29, 0.717) is 0 Å². The Bertz CT molecular complexity index is 1000. The molecule has 0 saturated carbocycles. The van der Waals surface area contributed by atoms with Gasteiger partial charge in [0, 0.05) is 10.3 Å². The largest absolute Gasteiger partial charge is 0.493 e. The van der Waals surface area contributed by atoms with Gasteiger partial charge in [0.2, 0.25) is 0 Å². The van der Waals surface area contributed by atoms with Crippen molar-refractivity contribution in [2.24, 2.45) is 5.73 Å². The molecular formula is C19H16ClNO5S. The second kappa shape index (κ2) is 8.28. The van der Waals surface area contributed by atoms with E-state index in [1.807, 2.05) is 29.6 Å². The highest BCUT2D eigenvalue weighted by atomic mass is 35.5. The molecule has 0 bridgehead atoms. The van der Waals surface area contributed by atoms with Crippen LogP contribution in [-0.2, 0) is 16.1 Å². The molecule has 0 aliphatic rings. The molecule has 0 aliphatic heterocycles. The molecule has 6 nitrogen and oxygen atoms in total. The van der Waals surface area contributed by atoms with Crippen LogP contribution in [0.5, 0.6) is 11.5 Å². The van der Waals surface area contributed by atoms with Crippen molar-refractivity contribution in [3.05, 3.63) is 57.9 Å². The molecule has 0 aliphatic carbocycles. The zero-order valence-electron chi connectivity index (χ0n) is 14.4. The third kappa shape index (κ3) is 4.32. The molecular weight excluding hydrogens is 390 g/mol. The number of carbonyl (C=O) groups is 2. The molecule has 27 heavy (non-hydrogen) atoms. The third-order valence-electron chi connectivity index (χ3n) is 3.74. The van der Waals surface area contributed by atoms with Crippen LogP contribution >= 0.6 is 22.9 Å². The van der Waals surface area contributed by atoms with Gasteiger partial charge in [-0.25, -0.2) is 4.79 Å². The second-order valence-corrected chi connectivity index (χ2v) is 6.90. The maximum atomic E-state index is 12.4. The predicted octanol–water partition coefficient (Wildman–Crippen LogP) is 3.78. The highest BCUT2D eigenvalue weighted by Crippen LogP contribution is 2.36. The maximum absolute atomic E-state index is 12.4. The fourth-order valence-corrected chi connectivity index (χ4v) is 3.70. The Balaban J connectivity index is 1.76. The van der Waals surface area contributed by atoms with Gasteiger partial charge in [-0.1, -0.05) is 29.8 Å². The molecule has 0 spiro atoms. The summed E-state index contributed by atoms with van der Waals surface area (Å²) >= 11 is 7.75. The van der Waals surface area contributed by atoms with Crippen molar-refractivity contribution in [1.29, 1.82) is 0 Å². The van der Waals surface area contributed by atoms with Gasteiger partial charge >= 0.3 is 5.97 Å². The number of halogens is 1. The molecule has 0 fully saturated rings. The molecule has 1 amide bonds. The van der Waals surface area contributed by atoms with E-state index >= 15 is 0 Å². The number of amides is 1. The molecule has 0 atom stereocenters. The van der Waals surface area contributed by atoms with E-state index in [-0.39, 0.29) is 35.3 Å². The van der Waals surface area contributed by atoms with Gasteiger partial charge in [0.1, 0.15) is 6.61 Å². The highest BCUT2D eigenvalue weighted by Gasteiger charge is 2.18. The van der Waals surface area contributed by atoms with Gasteiger partial charge < -0.3 is 19.9 Å². The van der Waals surface area contributed by atoms with Gasteiger partial charge in [-0.05, 0) is 29.0 Å². The van der Waals surface area contributed by atoms with Crippen LogP contribution in [-0.4, -0.2) is 25.6 Å². The van der Waals surface area contributed by atoms with Crippen molar-refractivity contribution in [3.63, 3.8) is 0 Å². The van der Waals surface area contributed by atoms with E-state index in [1.165, 1.54) is 19.2 Å². The van der Waals surface area contributed by atoms with E-state index in [0.717, 1.165) is 15.6 Å². The quantitative estimate of drug-likeness (QED) is 0.604. The van der Waals surface area contributed by atoms with Crippen molar-refractivity contribution in [3.8, 4) is 11.5 Å². The fourth-order valence-electron chi connectivity index (χ4n) is 2.49. The first kappa shape index (κ1) is 19.0. The van der Waals surface area contributed by atoms with Crippen molar-refractivity contribution >= 4 is 44.9 Å². The number of esters is 1. The van der Waals surface area contributed by atoms with Gasteiger partial charge in [-0.2, -0.15) is 0 Å². The zero-order valence-corrected chi connectivity index (χ0v) is 15.9. The molecule has 0 radical (unpaired) electrons. The number of rotatable bonds is 7. The molecule has 2 N–H and O–H groups in total. The Morgan fingerprint density at radius 3 is 2.74 bits per heavy atom. The Labute approximate surface area is 164 Å². The lowest BCUT2D eigenvalue weighted by Crippen LogP contribution is -2.20. The fraction of sp³-hybridized carbons (Fsp3) is 0.158. The summed E-state index contributed by atoms with van der Waals surface area (Å²) in [6, 6.07) is 10.7. The first-order valence-electron chi connectivity index (χ1n) is 7.90. The van der Waals surface area contributed by atoms with Gasteiger partial charge in [0.15, 0.2) is 18.1 Å². The number of hydrogen-bond acceptors (Lipinski definition) is 6. The number of hydrogen-bond donors (Lipinski definition) is 1. The summed E-state index contributed by atoms with van der Waals surface area (Å²) in [6.45, 7) is -0.214. The van der Waals surface area contributed by atoms with Crippen LogP contribution in [0.25, 0.3) is 10.1 Å². The van der Waals surface area contributed by atoms with Crippen LogP contribution in [0.1, 0.15) is 15.9 Å². The Morgan fingerprint density at radius 2 is 2.00 bits per heavy atom. The standard InChI is InChI=1S/C19H16ClNO5S/c1-24-15-7-11(6-14(20)18(15)25-9-17(21)22)19(23)26-8-12-10-27-16-5-3-2-4-13(12)16/h2-7,10H,8-9H2,1H3,(H2,21,22). The number of methoxy groups -OCH3 is 1. The number of nitrogens with two attached hydrogens (primary N) is 1. The molecule has 2 aromatic carbocycles. The molecule has 0 unspecified atom stereocenters. The number of fused-ring (bicyclic) bond motifs is 1. The molecule has 3 rings (SSSR count). The predicted molar refractivity (Wildman–Crippen MR) is 104 cm³/mol. The lowest BCUT2D eigenvalue weighted by molar-refractivity contribution is -0.119. The summed E-state index contributed by atoms with van der Waals surface area (Å²) in [5, 5.41) is 3.14. The number of benzene rings is 2. The van der Waals surface area contributed by atoms with Crippen LogP contribution < -0.4 is 15.2 Å². The Hall–Kier alpha value is -2.77. The first-order chi connectivity index (χ1) is 13.0. The Kier molecular flexibility index (Phi) is 5.83. The van der Waals surface area contributed by atoms with Crippen LogP contribution in [0.2, 0.25) is 5.02 Å². The minimum atomic E-state index is -0.653. The molecule has 0 saturated heterocycles. The number of ether oxygens (including phenoxy) is 3. The summed E-state index contributed by atoms with van der Waals surface area (Å²) in [4.78, 5) is 23.3. The number of thiophene rings is 1. The molecule has 140 valence electrons. The number of carbonyl (C=O) groups excluding carboxylic acids is 2. The van der Waals surface area contributed by atoms with Gasteiger partial charge in [-0.15, -0.1) is 11.3 Å². The van der Waals surface area contributed by atoms with E-state index in [1.54, 1.807) is 11.3 Å². The summed E-state index contributed by atoms with van der Waals surface area (Å²) in [7, 11) is 1.40. The van der Waals surface area contributed by atoms with Crippen molar-refractivity contribution in [2.75, 3.05) is 13.7 Å². The third-order valence-corrected chi connectivity index (χ3v) is 5.04. The van der Waals surface area contributed by atoms with Gasteiger partial charge in [0.05, 0.1) is 17.7 Å². The topological polar surface area (TPSA) is 87.8 Å². The molecule has 8 heteroatoms. The van der Waals surface area contributed by atoms with Crippen LogP contribution in [0, 0.1) is 0 Å². The zero-order chi connectivity index (χ0) is 19.4. The normalized spacial score (nSPS) is 10.6. The lowest BCUT2D eigenvalue weighted by Gasteiger charge is -2.13. The maximum Gasteiger partial charge on any atom is 0.338 e. The summed E-state index contributed by atoms with van der Waals surface area (Å²) in [5.74, 6) is -0.860. The SMILES string of the molecule is COc1cc(C(=O)OCc2csc3ccccc23)cc(Cl)c1OCC(N)=O. The summed E-state index contributed by atoms with van der Waals surface area (Å²) < 4.78 is 17.0. The minimum absolute atomic E-state index is 0.114. The molecule has 1 heterocycles. The monoisotopic (exact) mass is 405 g/mol. The molecule has 1 aromatic heterocycles. The molecule has 3 aromatic rings. The average molecular weight is 406 g/mol. The van der Waals surface area contributed by atoms with Gasteiger partial charge in [0.25, 0.3) is 5.91 Å². The minimum Gasteiger partial charge on any atom is -0.493 e. The lowest BCUT2D eigenvalue weighted by atomic mass is 10.2. The smallest absolute Gasteiger partial charge is 0.338 e. The van der Waals surface area contributed by atoms with Gasteiger partial charge in [-0.3, -0.25) is 4.79 Å². The van der Waals surface area contributed by atoms with E-state index in [2.05, 4.69) is 0 Å². The number of primary amides is 1. The second-order valence-electron chi connectivity index (χ2n) is 5.58. The highest BCUT2D eigenvalue weighted by molar-refractivity contribution is 7.17.